The smallest absolute Gasteiger partial charge is 0.124 e. The molecule has 1 aromatic rings. The molecule has 14 heavy (non-hydrogen) atoms. The van der Waals surface area contributed by atoms with Gasteiger partial charge < -0.3 is 11.1 Å². The zero-order chi connectivity index (χ0) is 10.2. The van der Waals surface area contributed by atoms with E-state index in [1.54, 1.807) is 0 Å². The van der Waals surface area contributed by atoms with E-state index in [2.05, 4.69) is 16.5 Å². The first-order valence-corrected chi connectivity index (χ1v) is 5.10. The maximum atomic E-state index is 5.71. The highest BCUT2D eigenvalue weighted by molar-refractivity contribution is 5.37. The van der Waals surface area contributed by atoms with Gasteiger partial charge in [0.25, 0.3) is 0 Å². The summed E-state index contributed by atoms with van der Waals surface area (Å²) >= 11 is 0. The maximum absolute atomic E-state index is 5.71. The van der Waals surface area contributed by atoms with Crippen LogP contribution in [0.3, 0.4) is 0 Å². The third kappa shape index (κ3) is 1.75. The number of nitrogens with two attached hydrogens (primary N) is 1. The van der Waals surface area contributed by atoms with Crippen LogP contribution in [0.5, 0.6) is 0 Å². The van der Waals surface area contributed by atoms with Crippen LogP contribution in [0.15, 0.2) is 6.07 Å². The van der Waals surface area contributed by atoms with Gasteiger partial charge in [-0.15, -0.1) is 0 Å². The molecular formula is C10H18N4. The summed E-state index contributed by atoms with van der Waals surface area (Å²) in [6.07, 6.45) is 2.51. The third-order valence-corrected chi connectivity index (χ3v) is 3.04. The van der Waals surface area contributed by atoms with E-state index < -0.39 is 0 Å². The van der Waals surface area contributed by atoms with Crippen molar-refractivity contribution in [3.8, 4) is 0 Å². The summed E-state index contributed by atoms with van der Waals surface area (Å²) in [7, 11) is 1.96. The highest BCUT2D eigenvalue weighted by Crippen LogP contribution is 2.44. The van der Waals surface area contributed by atoms with Crippen molar-refractivity contribution in [2.24, 2.45) is 18.2 Å². The fourth-order valence-corrected chi connectivity index (χ4v) is 1.68. The Morgan fingerprint density at radius 1 is 1.64 bits per heavy atom. The summed E-state index contributed by atoms with van der Waals surface area (Å²) < 4.78 is 1.88. The molecule has 0 spiro atoms. The molecule has 3 N–H and O–H groups in total. The molecule has 0 atom stereocenters. The minimum Gasteiger partial charge on any atom is -0.370 e. The van der Waals surface area contributed by atoms with Gasteiger partial charge in [0.05, 0.1) is 5.69 Å². The van der Waals surface area contributed by atoms with Gasteiger partial charge in [-0.25, -0.2) is 0 Å². The van der Waals surface area contributed by atoms with Gasteiger partial charge in [-0.05, 0) is 31.7 Å². The van der Waals surface area contributed by atoms with Gasteiger partial charge in [0.1, 0.15) is 5.82 Å². The van der Waals surface area contributed by atoms with Crippen molar-refractivity contribution >= 4 is 5.82 Å². The van der Waals surface area contributed by atoms with E-state index in [4.69, 9.17) is 5.73 Å². The normalized spacial score (nSPS) is 18.2. The number of hydrogen-bond acceptors (Lipinski definition) is 3. The van der Waals surface area contributed by atoms with Crippen LogP contribution in [0.25, 0.3) is 0 Å². The fourth-order valence-electron chi connectivity index (χ4n) is 1.68. The molecule has 1 fully saturated rings. The third-order valence-electron chi connectivity index (χ3n) is 3.04. The maximum Gasteiger partial charge on any atom is 0.124 e. The van der Waals surface area contributed by atoms with Gasteiger partial charge in [-0.1, -0.05) is 0 Å². The van der Waals surface area contributed by atoms with Crippen LogP contribution in [0.1, 0.15) is 18.5 Å². The van der Waals surface area contributed by atoms with E-state index in [1.165, 1.54) is 12.8 Å². The molecule has 4 heteroatoms. The SMILES string of the molecule is Cc1cc(NCC2(CN)CC2)n(C)n1. The number of nitrogens with one attached hydrogen (secondary N) is 1. The highest BCUT2D eigenvalue weighted by Gasteiger charge is 2.40. The number of aryl methyl sites for hydroxylation is 2. The predicted octanol–water partition coefficient (Wildman–Crippen LogP) is 0.879. The number of anilines is 1. The van der Waals surface area contributed by atoms with Crippen LogP contribution in [0.4, 0.5) is 5.82 Å². The summed E-state index contributed by atoms with van der Waals surface area (Å²) in [5, 5.41) is 7.69. The van der Waals surface area contributed by atoms with Crippen molar-refractivity contribution in [3.05, 3.63) is 11.8 Å². The molecule has 1 heterocycles. The van der Waals surface area contributed by atoms with Crippen molar-refractivity contribution in [3.63, 3.8) is 0 Å². The summed E-state index contributed by atoms with van der Waals surface area (Å²) in [6, 6.07) is 2.06. The largest absolute Gasteiger partial charge is 0.370 e. The summed E-state index contributed by atoms with van der Waals surface area (Å²) in [6.45, 7) is 3.76. The molecule has 0 amide bonds. The quantitative estimate of drug-likeness (QED) is 0.748. The van der Waals surface area contributed by atoms with Crippen LogP contribution in [0.2, 0.25) is 0 Å². The van der Waals surface area contributed by atoms with Gasteiger partial charge in [0.2, 0.25) is 0 Å². The first-order valence-electron chi connectivity index (χ1n) is 5.10. The second-order valence-corrected chi connectivity index (χ2v) is 4.35. The predicted molar refractivity (Wildman–Crippen MR) is 57.2 cm³/mol. The van der Waals surface area contributed by atoms with Gasteiger partial charge >= 0.3 is 0 Å². The zero-order valence-electron chi connectivity index (χ0n) is 8.88. The molecule has 1 aliphatic carbocycles. The summed E-state index contributed by atoms with van der Waals surface area (Å²) in [5.41, 5.74) is 7.14. The number of hydrogen-bond donors (Lipinski definition) is 2. The Bertz CT molecular complexity index is 325. The average Bonchev–Trinajstić information content (AvgIpc) is 2.86. The number of nitrogens with zero attached hydrogens (tertiary/aromatic N) is 2. The van der Waals surface area contributed by atoms with Gasteiger partial charge in [-0.2, -0.15) is 5.10 Å². The van der Waals surface area contributed by atoms with Gasteiger partial charge in [-0.3, -0.25) is 4.68 Å². The standard InChI is InChI=1S/C10H18N4/c1-8-5-9(14(2)13-8)12-7-10(6-11)3-4-10/h5,12H,3-4,6-7,11H2,1-2H3. The Hall–Kier alpha value is -1.03. The van der Waals surface area contributed by atoms with E-state index in [9.17, 15) is 0 Å². The van der Waals surface area contributed by atoms with Gasteiger partial charge in [0.15, 0.2) is 0 Å². The van der Waals surface area contributed by atoms with Crippen molar-refractivity contribution in [2.45, 2.75) is 19.8 Å². The van der Waals surface area contributed by atoms with Crippen LogP contribution < -0.4 is 11.1 Å². The average molecular weight is 194 g/mol. The van der Waals surface area contributed by atoms with E-state index in [0.29, 0.717) is 5.41 Å². The van der Waals surface area contributed by atoms with E-state index in [-0.39, 0.29) is 0 Å². The molecule has 1 aromatic heterocycles. The van der Waals surface area contributed by atoms with Gasteiger partial charge in [0, 0.05) is 19.7 Å². The molecule has 0 unspecified atom stereocenters. The van der Waals surface area contributed by atoms with E-state index in [0.717, 1.165) is 24.6 Å². The van der Waals surface area contributed by atoms with Crippen molar-refractivity contribution in [1.29, 1.82) is 0 Å². The van der Waals surface area contributed by atoms with Crippen LogP contribution in [0, 0.1) is 12.3 Å². The van der Waals surface area contributed by atoms with Crippen LogP contribution >= 0.6 is 0 Å². The minimum absolute atomic E-state index is 0.373. The molecule has 0 radical (unpaired) electrons. The molecule has 2 rings (SSSR count). The Kier molecular flexibility index (Phi) is 2.23. The fraction of sp³-hybridized carbons (Fsp3) is 0.700. The van der Waals surface area contributed by atoms with Crippen LogP contribution in [-0.4, -0.2) is 22.9 Å². The van der Waals surface area contributed by atoms with E-state index >= 15 is 0 Å². The highest BCUT2D eigenvalue weighted by atomic mass is 15.3. The van der Waals surface area contributed by atoms with Crippen molar-refractivity contribution in [2.75, 3.05) is 18.4 Å². The lowest BCUT2D eigenvalue weighted by atomic mass is 10.1. The topological polar surface area (TPSA) is 55.9 Å². The molecular weight excluding hydrogens is 176 g/mol. The van der Waals surface area contributed by atoms with Crippen LogP contribution in [-0.2, 0) is 7.05 Å². The van der Waals surface area contributed by atoms with Crippen molar-refractivity contribution < 1.29 is 0 Å². The second-order valence-electron chi connectivity index (χ2n) is 4.35. The van der Waals surface area contributed by atoms with E-state index in [1.807, 2.05) is 18.7 Å². The monoisotopic (exact) mass is 194 g/mol. The Morgan fingerprint density at radius 2 is 2.36 bits per heavy atom. The Balaban J connectivity index is 1.95. The first-order chi connectivity index (χ1) is 6.65. The molecule has 0 bridgehead atoms. The minimum atomic E-state index is 0.373. The molecule has 0 saturated heterocycles. The Morgan fingerprint density at radius 3 is 2.79 bits per heavy atom. The molecule has 1 aliphatic rings. The lowest BCUT2D eigenvalue weighted by molar-refractivity contribution is 0.552. The zero-order valence-corrected chi connectivity index (χ0v) is 8.88. The number of aromatic nitrogens is 2. The molecule has 4 nitrogen and oxygen atoms in total. The molecule has 0 aliphatic heterocycles. The second kappa shape index (κ2) is 3.28. The Labute approximate surface area is 84.5 Å². The summed E-state index contributed by atoms with van der Waals surface area (Å²) in [4.78, 5) is 0. The molecule has 1 saturated carbocycles. The summed E-state index contributed by atoms with van der Waals surface area (Å²) in [5.74, 6) is 1.09. The molecule has 78 valence electrons. The lowest BCUT2D eigenvalue weighted by Crippen LogP contribution is -2.24. The van der Waals surface area contributed by atoms with Crippen molar-refractivity contribution in [1.82, 2.24) is 9.78 Å². The number of rotatable bonds is 4. The first kappa shape index (κ1) is 9.52. The lowest BCUT2D eigenvalue weighted by Gasteiger charge is -2.13. The molecule has 0 aromatic carbocycles.